The molecule has 0 aromatic heterocycles. The van der Waals surface area contributed by atoms with Gasteiger partial charge in [0.2, 0.25) is 17.2 Å². The summed E-state index contributed by atoms with van der Waals surface area (Å²) < 4.78 is 15.8. The second kappa shape index (κ2) is 9.21. The number of imide groups is 2. The van der Waals surface area contributed by atoms with Crippen molar-refractivity contribution in [1.29, 1.82) is 0 Å². The monoisotopic (exact) mass is 439 g/mol. The second-order valence-electron chi connectivity index (χ2n) is 6.63. The molecule has 1 heterocycles. The van der Waals surface area contributed by atoms with E-state index in [0.29, 0.717) is 22.8 Å². The first-order valence-electron chi connectivity index (χ1n) is 9.38. The second-order valence-corrected chi connectivity index (χ2v) is 6.63. The molecule has 1 aliphatic heterocycles. The molecule has 10 nitrogen and oxygen atoms in total. The quantitative estimate of drug-likeness (QED) is 0.435. The number of nitrogens with one attached hydrogen (secondary N) is 3. The van der Waals surface area contributed by atoms with Crippen molar-refractivity contribution in [1.82, 2.24) is 16.0 Å². The molecule has 3 N–H and O–H groups in total. The van der Waals surface area contributed by atoms with Gasteiger partial charge >= 0.3 is 6.03 Å². The highest BCUT2D eigenvalue weighted by Gasteiger charge is 2.52. The largest absolute Gasteiger partial charge is 0.493 e. The highest BCUT2D eigenvalue weighted by molar-refractivity contribution is 6.24. The first-order chi connectivity index (χ1) is 15.3. The fourth-order valence-electron chi connectivity index (χ4n) is 3.26. The average molecular weight is 439 g/mol. The number of barbiturate groups is 1. The van der Waals surface area contributed by atoms with Crippen LogP contribution in [0.1, 0.15) is 11.1 Å². The van der Waals surface area contributed by atoms with Crippen LogP contribution >= 0.6 is 0 Å². The van der Waals surface area contributed by atoms with E-state index in [9.17, 15) is 19.2 Å². The number of hydrogen-bond acceptors (Lipinski definition) is 7. The lowest BCUT2D eigenvalue weighted by Crippen LogP contribution is -2.71. The van der Waals surface area contributed by atoms with Crippen LogP contribution in [0, 0.1) is 0 Å². The third-order valence-corrected chi connectivity index (χ3v) is 4.77. The summed E-state index contributed by atoms with van der Waals surface area (Å²) in [5.41, 5.74) is -1.39. The molecule has 10 heteroatoms. The van der Waals surface area contributed by atoms with Crippen LogP contribution in [0.4, 0.5) is 4.79 Å². The van der Waals surface area contributed by atoms with Gasteiger partial charge in [0.25, 0.3) is 11.8 Å². The van der Waals surface area contributed by atoms with Gasteiger partial charge in [0.15, 0.2) is 11.5 Å². The van der Waals surface area contributed by atoms with E-state index in [0.717, 1.165) is 6.08 Å². The fraction of sp³-hybridized carbons (Fsp3) is 0.182. The van der Waals surface area contributed by atoms with Gasteiger partial charge in [-0.1, -0.05) is 30.3 Å². The zero-order chi connectivity index (χ0) is 23.3. The molecule has 1 saturated heterocycles. The molecule has 0 saturated carbocycles. The van der Waals surface area contributed by atoms with Gasteiger partial charge in [-0.2, -0.15) is 0 Å². The van der Waals surface area contributed by atoms with Crippen molar-refractivity contribution in [3.63, 3.8) is 0 Å². The van der Waals surface area contributed by atoms with Crippen LogP contribution in [0.25, 0.3) is 6.08 Å². The Bertz CT molecular complexity index is 1050. The maximum absolute atomic E-state index is 12.7. The van der Waals surface area contributed by atoms with Crippen molar-refractivity contribution in [2.24, 2.45) is 0 Å². The zero-order valence-corrected chi connectivity index (χ0v) is 17.6. The van der Waals surface area contributed by atoms with E-state index in [1.807, 2.05) is 10.6 Å². The summed E-state index contributed by atoms with van der Waals surface area (Å²) in [5.74, 6) is -1.52. The minimum absolute atomic E-state index is 0.192. The molecule has 2 aromatic carbocycles. The Labute approximate surface area is 183 Å². The predicted octanol–water partition coefficient (Wildman–Crippen LogP) is 1.10. The smallest absolute Gasteiger partial charge is 0.328 e. The number of hydrogen-bond donors (Lipinski definition) is 3. The maximum Gasteiger partial charge on any atom is 0.328 e. The Morgan fingerprint density at radius 3 is 1.97 bits per heavy atom. The van der Waals surface area contributed by atoms with E-state index in [-0.39, 0.29) is 5.56 Å². The molecular weight excluding hydrogens is 418 g/mol. The molecule has 0 aliphatic carbocycles. The SMILES string of the molecule is COc1cc(C=CC(=O)NC2(c3ccccc3)C(=O)NC(=O)NC2=O)cc(OC)c1OC. The third kappa shape index (κ3) is 4.10. The van der Waals surface area contributed by atoms with Gasteiger partial charge in [-0.25, -0.2) is 4.79 Å². The number of methoxy groups -OCH3 is 3. The van der Waals surface area contributed by atoms with Crippen molar-refractivity contribution in [3.8, 4) is 17.2 Å². The van der Waals surface area contributed by atoms with Gasteiger partial charge in [-0.05, 0) is 29.3 Å². The lowest BCUT2D eigenvalue weighted by molar-refractivity contribution is -0.143. The Morgan fingerprint density at radius 2 is 1.47 bits per heavy atom. The van der Waals surface area contributed by atoms with Crippen LogP contribution in [0.15, 0.2) is 48.5 Å². The maximum atomic E-state index is 12.7. The summed E-state index contributed by atoms with van der Waals surface area (Å²) >= 11 is 0. The molecule has 0 bridgehead atoms. The van der Waals surface area contributed by atoms with E-state index in [4.69, 9.17) is 14.2 Å². The molecule has 3 rings (SSSR count). The van der Waals surface area contributed by atoms with E-state index in [1.54, 1.807) is 30.3 Å². The summed E-state index contributed by atoms with van der Waals surface area (Å²) in [7, 11) is 4.39. The summed E-state index contributed by atoms with van der Waals surface area (Å²) in [4.78, 5) is 49.7. The van der Waals surface area contributed by atoms with Gasteiger partial charge < -0.3 is 19.5 Å². The van der Waals surface area contributed by atoms with Gasteiger partial charge in [-0.3, -0.25) is 25.0 Å². The summed E-state index contributed by atoms with van der Waals surface area (Å²) in [5, 5.41) is 6.48. The van der Waals surface area contributed by atoms with Crippen molar-refractivity contribution in [2.45, 2.75) is 5.54 Å². The first kappa shape index (κ1) is 22.3. The molecule has 0 spiro atoms. The minimum Gasteiger partial charge on any atom is -0.493 e. The number of amides is 5. The first-order valence-corrected chi connectivity index (χ1v) is 9.38. The summed E-state index contributed by atoms with van der Waals surface area (Å²) in [6, 6.07) is 10.2. The molecule has 166 valence electrons. The Morgan fingerprint density at radius 1 is 0.906 bits per heavy atom. The number of carbonyl (C=O) groups is 4. The molecule has 1 fully saturated rings. The van der Waals surface area contributed by atoms with Gasteiger partial charge in [0.1, 0.15) is 0 Å². The normalized spacial score (nSPS) is 15.0. The Hall–Kier alpha value is -4.34. The van der Waals surface area contributed by atoms with Crippen LogP contribution in [-0.4, -0.2) is 45.1 Å². The molecule has 0 atom stereocenters. The number of carbonyl (C=O) groups excluding carboxylic acids is 4. The van der Waals surface area contributed by atoms with E-state index in [2.05, 4.69) is 5.32 Å². The number of rotatable bonds is 7. The predicted molar refractivity (Wildman–Crippen MR) is 113 cm³/mol. The highest BCUT2D eigenvalue weighted by atomic mass is 16.5. The van der Waals surface area contributed by atoms with Crippen LogP contribution < -0.4 is 30.2 Å². The van der Waals surface area contributed by atoms with E-state index < -0.39 is 29.3 Å². The minimum atomic E-state index is -2.12. The van der Waals surface area contributed by atoms with Crippen molar-refractivity contribution in [2.75, 3.05) is 21.3 Å². The van der Waals surface area contributed by atoms with E-state index in [1.165, 1.54) is 39.5 Å². The van der Waals surface area contributed by atoms with Crippen molar-refractivity contribution < 1.29 is 33.4 Å². The molecule has 1 aliphatic rings. The molecule has 32 heavy (non-hydrogen) atoms. The zero-order valence-electron chi connectivity index (χ0n) is 17.6. The molecule has 2 aromatic rings. The average Bonchev–Trinajstić information content (AvgIpc) is 2.79. The van der Waals surface area contributed by atoms with Crippen LogP contribution in [0.2, 0.25) is 0 Å². The fourth-order valence-corrected chi connectivity index (χ4v) is 3.26. The molecule has 0 radical (unpaired) electrons. The van der Waals surface area contributed by atoms with Crippen LogP contribution in [0.5, 0.6) is 17.2 Å². The highest BCUT2D eigenvalue weighted by Crippen LogP contribution is 2.38. The Balaban J connectivity index is 1.93. The lowest BCUT2D eigenvalue weighted by Gasteiger charge is -2.34. The van der Waals surface area contributed by atoms with Crippen LogP contribution in [0.3, 0.4) is 0 Å². The van der Waals surface area contributed by atoms with Gasteiger partial charge in [0, 0.05) is 6.08 Å². The lowest BCUT2D eigenvalue weighted by atomic mass is 9.86. The topological polar surface area (TPSA) is 132 Å². The van der Waals surface area contributed by atoms with Gasteiger partial charge in [-0.15, -0.1) is 0 Å². The summed E-state index contributed by atoms with van der Waals surface area (Å²) in [6.07, 6.45) is 2.59. The van der Waals surface area contributed by atoms with Gasteiger partial charge in [0.05, 0.1) is 21.3 Å². The Kier molecular flexibility index (Phi) is 6.43. The molecular formula is C22H21N3O7. The van der Waals surface area contributed by atoms with Crippen molar-refractivity contribution in [3.05, 3.63) is 59.7 Å². The summed E-state index contributed by atoms with van der Waals surface area (Å²) in [6.45, 7) is 0. The number of benzene rings is 2. The molecule has 0 unspecified atom stereocenters. The third-order valence-electron chi connectivity index (χ3n) is 4.77. The molecule has 5 amide bonds. The van der Waals surface area contributed by atoms with Crippen molar-refractivity contribution >= 4 is 29.8 Å². The number of urea groups is 1. The number of ether oxygens (including phenoxy) is 3. The standard InChI is InChI=1S/C22H21N3O7/c1-30-15-11-13(12-16(31-2)18(15)32-3)9-10-17(26)25-22(14-7-5-4-6-8-14)19(27)23-21(29)24-20(22)28/h4-12H,1-3H3,(H,25,26)(H2,23,24,27,28,29). The van der Waals surface area contributed by atoms with Crippen LogP contribution in [-0.2, 0) is 19.9 Å². The van der Waals surface area contributed by atoms with E-state index >= 15 is 0 Å².